The summed E-state index contributed by atoms with van der Waals surface area (Å²) in [5.41, 5.74) is 0.841. The molecular formula is C20H25ClN2O4. The van der Waals surface area contributed by atoms with Gasteiger partial charge >= 0.3 is 5.97 Å². The van der Waals surface area contributed by atoms with Crippen molar-refractivity contribution in [2.24, 2.45) is 5.92 Å². The van der Waals surface area contributed by atoms with Crippen LogP contribution in [0.25, 0.3) is 0 Å². The van der Waals surface area contributed by atoms with Gasteiger partial charge in [0.25, 0.3) is 5.91 Å². The van der Waals surface area contributed by atoms with Crippen LogP contribution in [0.5, 0.6) is 0 Å². The highest BCUT2D eigenvalue weighted by Gasteiger charge is 2.35. The van der Waals surface area contributed by atoms with Gasteiger partial charge < -0.3 is 15.0 Å². The summed E-state index contributed by atoms with van der Waals surface area (Å²) in [6.07, 6.45) is 5.52. The predicted molar refractivity (Wildman–Crippen MR) is 101 cm³/mol. The summed E-state index contributed by atoms with van der Waals surface area (Å²) in [6, 6.07) is 7.50. The summed E-state index contributed by atoms with van der Waals surface area (Å²) in [6.45, 7) is 0.363. The van der Waals surface area contributed by atoms with Crippen LogP contribution >= 0.6 is 11.6 Å². The third-order valence-electron chi connectivity index (χ3n) is 5.18. The lowest BCUT2D eigenvalue weighted by atomic mass is 9.95. The first kappa shape index (κ1) is 19.7. The van der Waals surface area contributed by atoms with E-state index in [9.17, 15) is 14.4 Å². The topological polar surface area (TPSA) is 75.7 Å². The number of halogens is 1. The van der Waals surface area contributed by atoms with E-state index in [1.807, 2.05) is 18.2 Å². The predicted octanol–water partition coefficient (Wildman–Crippen LogP) is 2.68. The van der Waals surface area contributed by atoms with Crippen molar-refractivity contribution in [3.8, 4) is 0 Å². The quantitative estimate of drug-likeness (QED) is 0.755. The summed E-state index contributed by atoms with van der Waals surface area (Å²) in [5, 5.41) is 3.51. The molecule has 0 radical (unpaired) electrons. The van der Waals surface area contributed by atoms with Gasteiger partial charge in [0, 0.05) is 30.6 Å². The van der Waals surface area contributed by atoms with Crippen molar-refractivity contribution in [3.63, 3.8) is 0 Å². The van der Waals surface area contributed by atoms with Gasteiger partial charge in [-0.2, -0.15) is 0 Å². The van der Waals surface area contributed by atoms with Crippen molar-refractivity contribution in [2.75, 3.05) is 13.2 Å². The SMILES string of the molecule is O=C(COC(=O)[C@@H]1CC(=O)N(Cc2ccccc2Cl)C1)NC1CCCCC1. The molecule has 0 spiro atoms. The number of carbonyl (C=O) groups excluding carboxylic acids is 3. The number of benzene rings is 1. The zero-order chi connectivity index (χ0) is 19.2. The largest absolute Gasteiger partial charge is 0.455 e. The van der Waals surface area contributed by atoms with E-state index in [2.05, 4.69) is 5.32 Å². The number of nitrogens with one attached hydrogen (secondary N) is 1. The second kappa shape index (κ2) is 9.22. The number of carbonyl (C=O) groups is 3. The lowest BCUT2D eigenvalue weighted by Gasteiger charge is -2.22. The normalized spacial score (nSPS) is 20.6. The lowest BCUT2D eigenvalue weighted by molar-refractivity contribution is -0.152. The molecule has 1 aliphatic carbocycles. The number of amides is 2. The van der Waals surface area contributed by atoms with Crippen LogP contribution in [0.15, 0.2) is 24.3 Å². The first-order chi connectivity index (χ1) is 13.0. The van der Waals surface area contributed by atoms with E-state index in [0.29, 0.717) is 11.6 Å². The van der Waals surface area contributed by atoms with Gasteiger partial charge in [0.2, 0.25) is 5.91 Å². The minimum absolute atomic E-state index is 0.105. The van der Waals surface area contributed by atoms with Crippen LogP contribution in [-0.4, -0.2) is 41.9 Å². The zero-order valence-corrected chi connectivity index (χ0v) is 16.0. The van der Waals surface area contributed by atoms with Gasteiger partial charge in [0.15, 0.2) is 6.61 Å². The summed E-state index contributed by atoms with van der Waals surface area (Å²) in [4.78, 5) is 38.0. The van der Waals surface area contributed by atoms with Crippen LogP contribution in [0.3, 0.4) is 0 Å². The molecule has 1 aromatic carbocycles. The number of rotatable bonds is 6. The van der Waals surface area contributed by atoms with E-state index in [1.165, 1.54) is 6.42 Å². The number of esters is 1. The van der Waals surface area contributed by atoms with Gasteiger partial charge in [0.1, 0.15) is 0 Å². The van der Waals surface area contributed by atoms with Crippen LogP contribution in [0.1, 0.15) is 44.1 Å². The summed E-state index contributed by atoms with van der Waals surface area (Å²) in [5.74, 6) is -1.41. The molecule has 2 fully saturated rings. The molecule has 0 aromatic heterocycles. The Morgan fingerprint density at radius 3 is 2.67 bits per heavy atom. The van der Waals surface area contributed by atoms with E-state index < -0.39 is 11.9 Å². The second-order valence-corrected chi connectivity index (χ2v) is 7.68. The minimum atomic E-state index is -0.539. The molecule has 1 N–H and O–H groups in total. The summed E-state index contributed by atoms with van der Waals surface area (Å²) >= 11 is 6.14. The van der Waals surface area contributed by atoms with E-state index >= 15 is 0 Å². The Morgan fingerprint density at radius 2 is 1.93 bits per heavy atom. The fourth-order valence-corrected chi connectivity index (χ4v) is 3.88. The highest BCUT2D eigenvalue weighted by atomic mass is 35.5. The van der Waals surface area contributed by atoms with Gasteiger partial charge in [-0.1, -0.05) is 49.1 Å². The van der Waals surface area contributed by atoms with E-state index in [0.717, 1.165) is 31.2 Å². The molecule has 1 aliphatic heterocycles. The molecule has 1 saturated heterocycles. The van der Waals surface area contributed by atoms with Gasteiger partial charge in [-0.05, 0) is 24.5 Å². The number of hydrogen-bond acceptors (Lipinski definition) is 4. The fourth-order valence-electron chi connectivity index (χ4n) is 3.69. The maximum atomic E-state index is 12.2. The highest BCUT2D eigenvalue weighted by molar-refractivity contribution is 6.31. The van der Waals surface area contributed by atoms with E-state index in [4.69, 9.17) is 16.3 Å². The number of nitrogens with zero attached hydrogens (tertiary/aromatic N) is 1. The van der Waals surface area contributed by atoms with Crippen molar-refractivity contribution in [3.05, 3.63) is 34.9 Å². The molecule has 1 saturated carbocycles. The number of hydrogen-bond donors (Lipinski definition) is 1. The smallest absolute Gasteiger partial charge is 0.311 e. The average Bonchev–Trinajstić information content (AvgIpc) is 3.03. The van der Waals surface area contributed by atoms with Gasteiger partial charge in [-0.25, -0.2) is 0 Å². The fraction of sp³-hybridized carbons (Fsp3) is 0.550. The maximum Gasteiger partial charge on any atom is 0.311 e. The molecular weight excluding hydrogens is 368 g/mol. The second-order valence-electron chi connectivity index (χ2n) is 7.28. The van der Waals surface area contributed by atoms with Crippen LogP contribution in [0, 0.1) is 5.92 Å². The van der Waals surface area contributed by atoms with Crippen molar-refractivity contribution in [1.82, 2.24) is 10.2 Å². The van der Waals surface area contributed by atoms with Crippen LogP contribution in [0.4, 0.5) is 0 Å². The monoisotopic (exact) mass is 392 g/mol. The zero-order valence-electron chi connectivity index (χ0n) is 15.3. The third kappa shape index (κ3) is 5.45. The Morgan fingerprint density at radius 1 is 1.19 bits per heavy atom. The minimum Gasteiger partial charge on any atom is -0.455 e. The lowest BCUT2D eigenvalue weighted by Crippen LogP contribution is -2.39. The van der Waals surface area contributed by atoms with Crippen LogP contribution < -0.4 is 5.32 Å². The first-order valence-corrected chi connectivity index (χ1v) is 9.88. The van der Waals surface area contributed by atoms with Crippen molar-refractivity contribution in [1.29, 1.82) is 0 Å². The van der Waals surface area contributed by atoms with Crippen LogP contribution in [0.2, 0.25) is 5.02 Å². The molecule has 1 aromatic rings. The number of likely N-dealkylation sites (tertiary alicyclic amines) is 1. The molecule has 2 amide bonds. The summed E-state index contributed by atoms with van der Waals surface area (Å²) < 4.78 is 5.14. The molecule has 0 unspecified atom stereocenters. The van der Waals surface area contributed by atoms with Crippen LogP contribution in [-0.2, 0) is 25.7 Å². The Labute approximate surface area is 164 Å². The van der Waals surface area contributed by atoms with Gasteiger partial charge in [0.05, 0.1) is 5.92 Å². The van der Waals surface area contributed by atoms with E-state index in [-0.39, 0.29) is 37.4 Å². The van der Waals surface area contributed by atoms with Crippen molar-refractivity contribution in [2.45, 2.75) is 51.1 Å². The van der Waals surface area contributed by atoms with Crippen molar-refractivity contribution >= 4 is 29.4 Å². The van der Waals surface area contributed by atoms with E-state index in [1.54, 1.807) is 11.0 Å². The summed E-state index contributed by atoms with van der Waals surface area (Å²) in [7, 11) is 0. The molecule has 3 rings (SSSR count). The highest BCUT2D eigenvalue weighted by Crippen LogP contribution is 2.24. The number of ether oxygens (including phenoxy) is 1. The Bertz CT molecular complexity index is 703. The molecule has 2 aliphatic rings. The molecule has 7 heteroatoms. The van der Waals surface area contributed by atoms with Gasteiger partial charge in [-0.15, -0.1) is 0 Å². The first-order valence-electron chi connectivity index (χ1n) is 9.50. The molecule has 27 heavy (non-hydrogen) atoms. The third-order valence-corrected chi connectivity index (χ3v) is 5.55. The van der Waals surface area contributed by atoms with Crippen molar-refractivity contribution < 1.29 is 19.1 Å². The molecule has 6 nitrogen and oxygen atoms in total. The molecule has 1 atom stereocenters. The molecule has 0 bridgehead atoms. The molecule has 1 heterocycles. The Kier molecular flexibility index (Phi) is 6.72. The maximum absolute atomic E-state index is 12.2. The average molecular weight is 393 g/mol. The Hall–Kier alpha value is -2.08. The molecule has 146 valence electrons. The standard InChI is InChI=1S/C20H25ClN2O4/c21-17-9-5-4-6-14(17)11-23-12-15(10-19(23)25)20(26)27-13-18(24)22-16-7-2-1-3-8-16/h4-6,9,15-16H,1-3,7-8,10-13H2,(H,22,24)/t15-/m1/s1. The van der Waals surface area contributed by atoms with Gasteiger partial charge in [-0.3, -0.25) is 14.4 Å². The Balaban J connectivity index is 1.44.